The first kappa shape index (κ1) is 7.69. The van der Waals surface area contributed by atoms with Crippen molar-refractivity contribution in [1.82, 2.24) is 25.5 Å². The highest BCUT2D eigenvalue weighted by molar-refractivity contribution is 4.87. The summed E-state index contributed by atoms with van der Waals surface area (Å²) in [7, 11) is 1.72. The van der Waals surface area contributed by atoms with Gasteiger partial charge in [0.25, 0.3) is 0 Å². The Labute approximate surface area is 64.8 Å². The number of tetrazole rings is 1. The molecule has 0 fully saturated rings. The van der Waals surface area contributed by atoms with Crippen LogP contribution in [0.2, 0.25) is 0 Å². The minimum atomic E-state index is 0.526. The second-order valence-electron chi connectivity index (χ2n) is 2.00. The molecule has 5 heteroatoms. The van der Waals surface area contributed by atoms with Crippen LogP contribution in [0.5, 0.6) is 0 Å². The van der Waals surface area contributed by atoms with Crippen LogP contribution >= 0.6 is 0 Å². The first-order valence-electron chi connectivity index (χ1n) is 3.20. The summed E-state index contributed by atoms with van der Waals surface area (Å²) in [6.45, 7) is 1.09. The molecule has 58 valence electrons. The van der Waals surface area contributed by atoms with Gasteiger partial charge in [-0.2, -0.15) is 4.80 Å². The number of nitrogens with zero attached hydrogens (tertiary/aromatic N) is 4. The number of aryl methyl sites for hydroxylation is 1. The van der Waals surface area contributed by atoms with Gasteiger partial charge in [0.15, 0.2) is 5.82 Å². The average Bonchev–Trinajstić information content (AvgIpc) is 2.37. The van der Waals surface area contributed by atoms with Crippen LogP contribution in [0.25, 0.3) is 0 Å². The van der Waals surface area contributed by atoms with E-state index in [1.165, 1.54) is 4.80 Å². The van der Waals surface area contributed by atoms with E-state index >= 15 is 0 Å². The summed E-state index contributed by atoms with van der Waals surface area (Å²) in [5.74, 6) is 3.11. The van der Waals surface area contributed by atoms with Crippen LogP contribution in [-0.4, -0.2) is 26.8 Å². The van der Waals surface area contributed by atoms with Crippen LogP contribution < -0.4 is 5.32 Å². The molecule has 1 N–H and O–H groups in total. The Hall–Kier alpha value is -1.41. The number of nitrogens with one attached hydrogen (secondary N) is 1. The van der Waals surface area contributed by atoms with Crippen molar-refractivity contribution < 1.29 is 0 Å². The molecule has 11 heavy (non-hydrogen) atoms. The maximum absolute atomic E-state index is 5.02. The number of terminal acetylenes is 1. The molecule has 0 bridgehead atoms. The van der Waals surface area contributed by atoms with Gasteiger partial charge in [0.2, 0.25) is 0 Å². The van der Waals surface area contributed by atoms with Gasteiger partial charge in [0, 0.05) is 0 Å². The van der Waals surface area contributed by atoms with Gasteiger partial charge in [-0.25, -0.2) is 0 Å². The van der Waals surface area contributed by atoms with Crippen molar-refractivity contribution in [1.29, 1.82) is 0 Å². The van der Waals surface area contributed by atoms with Gasteiger partial charge >= 0.3 is 0 Å². The second kappa shape index (κ2) is 3.68. The minimum absolute atomic E-state index is 0.526. The molecular weight excluding hydrogens is 142 g/mol. The van der Waals surface area contributed by atoms with Crippen molar-refractivity contribution in [3.05, 3.63) is 5.82 Å². The molecule has 1 aromatic heterocycles. The van der Waals surface area contributed by atoms with Crippen LogP contribution in [0.1, 0.15) is 5.82 Å². The lowest BCUT2D eigenvalue weighted by atomic mass is 10.5. The number of rotatable bonds is 3. The normalized spacial score (nSPS) is 9.45. The van der Waals surface area contributed by atoms with E-state index in [9.17, 15) is 0 Å². The fourth-order valence-electron chi connectivity index (χ4n) is 0.641. The summed E-state index contributed by atoms with van der Waals surface area (Å²) >= 11 is 0. The third-order valence-corrected chi connectivity index (χ3v) is 1.06. The van der Waals surface area contributed by atoms with Crippen molar-refractivity contribution in [3.63, 3.8) is 0 Å². The van der Waals surface area contributed by atoms with E-state index in [2.05, 4.69) is 26.6 Å². The van der Waals surface area contributed by atoms with Gasteiger partial charge in [-0.1, -0.05) is 5.92 Å². The molecule has 0 radical (unpaired) electrons. The Morgan fingerprint density at radius 1 is 1.73 bits per heavy atom. The number of aromatic nitrogens is 4. The zero-order valence-corrected chi connectivity index (χ0v) is 6.28. The highest BCUT2D eigenvalue weighted by atomic mass is 15.6. The number of hydrogen-bond donors (Lipinski definition) is 1. The summed E-state index contributed by atoms with van der Waals surface area (Å²) in [5, 5.41) is 14.3. The Morgan fingerprint density at radius 2 is 2.55 bits per heavy atom. The lowest BCUT2D eigenvalue weighted by Gasteiger charge is -1.91. The molecule has 1 aromatic rings. The van der Waals surface area contributed by atoms with E-state index in [1.807, 2.05) is 0 Å². The molecule has 0 aliphatic rings. The van der Waals surface area contributed by atoms with Crippen molar-refractivity contribution in [3.8, 4) is 12.3 Å². The molecule has 0 saturated carbocycles. The molecule has 0 atom stereocenters. The van der Waals surface area contributed by atoms with Crippen LogP contribution in [-0.2, 0) is 13.6 Å². The molecule has 1 rings (SSSR count). The number of hydrogen-bond acceptors (Lipinski definition) is 4. The van der Waals surface area contributed by atoms with Gasteiger partial charge in [0.1, 0.15) is 0 Å². The predicted octanol–water partition coefficient (Wildman–Crippen LogP) is -1.07. The third-order valence-electron chi connectivity index (χ3n) is 1.06. The fourth-order valence-corrected chi connectivity index (χ4v) is 0.641. The van der Waals surface area contributed by atoms with E-state index in [0.29, 0.717) is 18.9 Å². The Balaban J connectivity index is 2.34. The molecule has 0 saturated heterocycles. The summed E-state index contributed by atoms with van der Waals surface area (Å²) in [6, 6.07) is 0. The van der Waals surface area contributed by atoms with E-state index in [-0.39, 0.29) is 0 Å². The molecule has 0 aromatic carbocycles. The van der Waals surface area contributed by atoms with Crippen molar-refractivity contribution in [2.75, 3.05) is 6.54 Å². The highest BCUT2D eigenvalue weighted by Gasteiger charge is 1.96. The standard InChI is InChI=1S/C6H9N5/c1-3-4-7-5-6-8-10-11(2)9-6/h1,7H,4-5H2,2H3. The largest absolute Gasteiger partial charge is 0.299 e. The lowest BCUT2D eigenvalue weighted by Crippen LogP contribution is -2.14. The second-order valence-corrected chi connectivity index (χ2v) is 2.00. The van der Waals surface area contributed by atoms with Crippen LogP contribution in [0, 0.1) is 12.3 Å². The van der Waals surface area contributed by atoms with Gasteiger partial charge in [-0.3, -0.25) is 5.32 Å². The molecule has 0 aliphatic carbocycles. The van der Waals surface area contributed by atoms with E-state index in [1.54, 1.807) is 7.05 Å². The predicted molar refractivity (Wildman–Crippen MR) is 39.3 cm³/mol. The molecule has 0 unspecified atom stereocenters. The van der Waals surface area contributed by atoms with Gasteiger partial charge < -0.3 is 0 Å². The maximum Gasteiger partial charge on any atom is 0.188 e. The van der Waals surface area contributed by atoms with E-state index < -0.39 is 0 Å². The quantitative estimate of drug-likeness (QED) is 0.441. The van der Waals surface area contributed by atoms with Crippen LogP contribution in [0.4, 0.5) is 0 Å². The topological polar surface area (TPSA) is 55.6 Å². The molecule has 0 amide bonds. The van der Waals surface area contributed by atoms with Gasteiger partial charge in [-0.05, 0) is 5.21 Å². The fraction of sp³-hybridized carbons (Fsp3) is 0.500. The Kier molecular flexibility index (Phi) is 2.58. The summed E-state index contributed by atoms with van der Waals surface area (Å²) in [6.07, 6.45) is 5.02. The summed E-state index contributed by atoms with van der Waals surface area (Å²) < 4.78 is 0. The Morgan fingerprint density at radius 3 is 3.09 bits per heavy atom. The zero-order valence-electron chi connectivity index (χ0n) is 6.28. The minimum Gasteiger partial charge on any atom is -0.299 e. The van der Waals surface area contributed by atoms with E-state index in [4.69, 9.17) is 6.42 Å². The van der Waals surface area contributed by atoms with Crippen LogP contribution in [0.15, 0.2) is 0 Å². The highest BCUT2D eigenvalue weighted by Crippen LogP contribution is 1.81. The Bertz CT molecular complexity index is 258. The summed E-state index contributed by atoms with van der Waals surface area (Å²) in [5.41, 5.74) is 0. The maximum atomic E-state index is 5.02. The first-order chi connectivity index (χ1) is 5.33. The third kappa shape index (κ3) is 2.35. The van der Waals surface area contributed by atoms with Crippen molar-refractivity contribution in [2.45, 2.75) is 6.54 Å². The molecule has 5 nitrogen and oxygen atoms in total. The van der Waals surface area contributed by atoms with Crippen LogP contribution in [0.3, 0.4) is 0 Å². The van der Waals surface area contributed by atoms with E-state index in [0.717, 1.165) is 0 Å². The molecule has 0 spiro atoms. The van der Waals surface area contributed by atoms with Crippen molar-refractivity contribution >= 4 is 0 Å². The van der Waals surface area contributed by atoms with Crippen molar-refractivity contribution in [2.24, 2.45) is 7.05 Å². The smallest absolute Gasteiger partial charge is 0.188 e. The SMILES string of the molecule is C#CCNCc1nnn(C)n1. The molecule has 0 aliphatic heterocycles. The van der Waals surface area contributed by atoms with Gasteiger partial charge in [0.05, 0.1) is 20.1 Å². The van der Waals surface area contributed by atoms with Gasteiger partial charge in [-0.15, -0.1) is 16.6 Å². The first-order valence-corrected chi connectivity index (χ1v) is 3.20. The molecule has 1 heterocycles. The average molecular weight is 151 g/mol. The monoisotopic (exact) mass is 151 g/mol. The lowest BCUT2D eigenvalue weighted by molar-refractivity contribution is 0.624. The zero-order chi connectivity index (χ0) is 8.10. The molecular formula is C6H9N5. The summed E-state index contributed by atoms with van der Waals surface area (Å²) in [4.78, 5) is 1.41.